The summed E-state index contributed by atoms with van der Waals surface area (Å²) in [4.78, 5) is 24.6. The van der Waals surface area contributed by atoms with Crippen LogP contribution in [0, 0.1) is 6.92 Å². The average molecular weight is 412 g/mol. The molecule has 0 N–H and O–H groups in total. The van der Waals surface area contributed by atoms with E-state index in [1.54, 1.807) is 0 Å². The number of anilines is 1. The Hall–Kier alpha value is -2.47. The number of aromatic nitrogens is 2. The van der Waals surface area contributed by atoms with Crippen LogP contribution in [0.3, 0.4) is 0 Å². The van der Waals surface area contributed by atoms with Crippen LogP contribution in [0.1, 0.15) is 62.3 Å². The van der Waals surface area contributed by atoms with E-state index in [9.17, 15) is 4.79 Å². The quantitative estimate of drug-likeness (QED) is 0.627. The minimum absolute atomic E-state index is 0.234. The molecule has 1 saturated heterocycles. The summed E-state index contributed by atoms with van der Waals surface area (Å²) in [7, 11) is 1.44. The number of carbonyl (C=O) groups excluding carboxylic acids is 1. The first kappa shape index (κ1) is 22.2. The van der Waals surface area contributed by atoms with E-state index < -0.39 is 0 Å². The van der Waals surface area contributed by atoms with E-state index in [4.69, 9.17) is 19.4 Å². The summed E-state index contributed by atoms with van der Waals surface area (Å²) in [5.41, 5.74) is 4.80. The van der Waals surface area contributed by atoms with Crippen molar-refractivity contribution in [2.45, 2.75) is 52.4 Å². The molecule has 0 amide bonds. The third kappa shape index (κ3) is 4.81. The number of hydrogen-bond acceptors (Lipinski definition) is 6. The third-order valence-corrected chi connectivity index (χ3v) is 5.68. The van der Waals surface area contributed by atoms with Crippen LogP contribution in [0.4, 0.5) is 5.95 Å². The van der Waals surface area contributed by atoms with E-state index in [0.29, 0.717) is 31.5 Å². The van der Waals surface area contributed by atoms with Crippen molar-refractivity contribution < 1.29 is 14.3 Å². The molecule has 0 bridgehead atoms. The largest absolute Gasteiger partial charge is 0.469 e. The number of nitrogens with zero attached hydrogens (tertiary/aromatic N) is 3. The molecule has 30 heavy (non-hydrogen) atoms. The maximum Gasteiger partial charge on any atom is 0.313 e. The van der Waals surface area contributed by atoms with E-state index in [2.05, 4.69) is 49.9 Å². The normalized spacial score (nSPS) is 15.3. The molecule has 2 heterocycles. The summed E-state index contributed by atoms with van der Waals surface area (Å²) >= 11 is 0. The number of carbonyl (C=O) groups is 1. The molecule has 0 aliphatic carbocycles. The molecule has 6 heteroatoms. The average Bonchev–Trinajstić information content (AvgIpc) is 2.77. The minimum atomic E-state index is -0.376. The lowest BCUT2D eigenvalue weighted by atomic mass is 9.89. The van der Waals surface area contributed by atoms with Crippen molar-refractivity contribution in [2.75, 3.05) is 38.3 Å². The molecule has 0 saturated carbocycles. The van der Waals surface area contributed by atoms with Gasteiger partial charge in [0.1, 0.15) is 0 Å². The molecule has 3 rings (SSSR count). The van der Waals surface area contributed by atoms with Crippen molar-refractivity contribution in [3.05, 3.63) is 41.1 Å². The van der Waals surface area contributed by atoms with Gasteiger partial charge in [0, 0.05) is 29.9 Å². The zero-order valence-corrected chi connectivity index (χ0v) is 18.8. The van der Waals surface area contributed by atoms with Crippen molar-refractivity contribution >= 4 is 11.9 Å². The maximum atomic E-state index is 12.7. The molecule has 1 unspecified atom stereocenters. The topological polar surface area (TPSA) is 64.5 Å². The van der Waals surface area contributed by atoms with Crippen LogP contribution in [-0.4, -0.2) is 49.4 Å². The highest BCUT2D eigenvalue weighted by atomic mass is 16.5. The van der Waals surface area contributed by atoms with Crippen LogP contribution >= 0.6 is 0 Å². The van der Waals surface area contributed by atoms with Crippen molar-refractivity contribution in [2.24, 2.45) is 0 Å². The molecular weight excluding hydrogens is 378 g/mol. The minimum Gasteiger partial charge on any atom is -0.469 e. The maximum absolute atomic E-state index is 12.7. The fourth-order valence-corrected chi connectivity index (χ4v) is 3.95. The lowest BCUT2D eigenvalue weighted by molar-refractivity contribution is -0.142. The van der Waals surface area contributed by atoms with Gasteiger partial charge in [0.2, 0.25) is 5.95 Å². The Kier molecular flexibility index (Phi) is 7.43. The van der Waals surface area contributed by atoms with Gasteiger partial charge in [-0.2, -0.15) is 0 Å². The number of benzene rings is 1. The Balaban J connectivity index is 2.15. The predicted octanol–water partition coefficient (Wildman–Crippen LogP) is 4.47. The fourth-order valence-electron chi connectivity index (χ4n) is 3.95. The molecule has 0 spiro atoms. The zero-order chi connectivity index (χ0) is 21.7. The Morgan fingerprint density at radius 2 is 1.83 bits per heavy atom. The van der Waals surface area contributed by atoms with Gasteiger partial charge in [-0.25, -0.2) is 9.97 Å². The van der Waals surface area contributed by atoms with Crippen LogP contribution in [-0.2, 0) is 14.3 Å². The fraction of sp³-hybridized carbons (Fsp3) is 0.542. The molecule has 1 atom stereocenters. The molecule has 1 aliphatic heterocycles. The molecule has 1 aliphatic rings. The summed E-state index contributed by atoms with van der Waals surface area (Å²) in [6, 6.07) is 8.49. The van der Waals surface area contributed by atoms with Crippen LogP contribution in [0.2, 0.25) is 0 Å². The van der Waals surface area contributed by atoms with Crippen molar-refractivity contribution in [3.8, 4) is 11.3 Å². The molecule has 1 aromatic carbocycles. The number of hydrogen-bond donors (Lipinski definition) is 0. The zero-order valence-electron chi connectivity index (χ0n) is 18.8. The third-order valence-electron chi connectivity index (χ3n) is 5.68. The van der Waals surface area contributed by atoms with Gasteiger partial charge in [-0.1, -0.05) is 51.5 Å². The second kappa shape index (κ2) is 10.0. The van der Waals surface area contributed by atoms with Gasteiger partial charge in [-0.05, 0) is 24.8 Å². The summed E-state index contributed by atoms with van der Waals surface area (Å²) < 4.78 is 10.6. The Labute approximate surface area is 179 Å². The summed E-state index contributed by atoms with van der Waals surface area (Å²) in [6.45, 7) is 11.3. The highest BCUT2D eigenvalue weighted by Crippen LogP contribution is 2.35. The Morgan fingerprint density at radius 1 is 1.17 bits per heavy atom. The molecule has 0 radical (unpaired) electrons. The smallest absolute Gasteiger partial charge is 0.313 e. The van der Waals surface area contributed by atoms with Crippen LogP contribution in [0.5, 0.6) is 0 Å². The first-order valence-electron chi connectivity index (χ1n) is 10.9. The molecule has 162 valence electrons. The first-order valence-corrected chi connectivity index (χ1v) is 10.9. The second-order valence-corrected chi connectivity index (χ2v) is 8.11. The van der Waals surface area contributed by atoms with Crippen LogP contribution in [0.15, 0.2) is 24.3 Å². The molecule has 1 aromatic heterocycles. The lowest BCUT2D eigenvalue weighted by Crippen LogP contribution is -2.37. The monoisotopic (exact) mass is 411 g/mol. The molecule has 2 aromatic rings. The van der Waals surface area contributed by atoms with Gasteiger partial charge in [0.25, 0.3) is 0 Å². The van der Waals surface area contributed by atoms with Crippen molar-refractivity contribution in [1.82, 2.24) is 9.97 Å². The van der Waals surface area contributed by atoms with Gasteiger partial charge in [0.05, 0.1) is 31.9 Å². The molecule has 1 fully saturated rings. The second-order valence-electron chi connectivity index (χ2n) is 8.11. The highest BCUT2D eigenvalue weighted by Gasteiger charge is 2.29. The SMILES string of the molecule is CCCC(C(=O)OC)c1c(C)nc(N2CCOCC2)nc1-c1ccc(C(C)C)cc1. The van der Waals surface area contributed by atoms with Gasteiger partial charge in [-0.15, -0.1) is 0 Å². The van der Waals surface area contributed by atoms with E-state index in [0.717, 1.165) is 42.0 Å². The number of rotatable bonds is 7. The van der Waals surface area contributed by atoms with E-state index in [1.165, 1.54) is 12.7 Å². The van der Waals surface area contributed by atoms with Crippen molar-refractivity contribution in [3.63, 3.8) is 0 Å². The van der Waals surface area contributed by atoms with Crippen LogP contribution < -0.4 is 4.90 Å². The van der Waals surface area contributed by atoms with Crippen LogP contribution in [0.25, 0.3) is 11.3 Å². The lowest BCUT2D eigenvalue weighted by Gasteiger charge is -2.28. The van der Waals surface area contributed by atoms with E-state index in [1.807, 2.05) is 6.92 Å². The van der Waals surface area contributed by atoms with Gasteiger partial charge < -0.3 is 14.4 Å². The number of methoxy groups -OCH3 is 1. The number of esters is 1. The van der Waals surface area contributed by atoms with Gasteiger partial charge in [-0.3, -0.25) is 4.79 Å². The highest BCUT2D eigenvalue weighted by molar-refractivity contribution is 5.82. The number of aryl methyl sites for hydroxylation is 1. The number of morpholine rings is 1. The molecule has 6 nitrogen and oxygen atoms in total. The Morgan fingerprint density at radius 3 is 2.40 bits per heavy atom. The summed E-state index contributed by atoms with van der Waals surface area (Å²) in [5.74, 6) is 0.543. The standard InChI is InChI=1S/C24H33N3O3/c1-6-7-20(23(28)29-5)21-17(4)25-24(27-12-14-30-15-13-27)26-22(21)19-10-8-18(9-11-19)16(2)3/h8-11,16,20H,6-7,12-15H2,1-5H3. The molecular formula is C24H33N3O3. The van der Waals surface area contributed by atoms with E-state index in [-0.39, 0.29) is 11.9 Å². The van der Waals surface area contributed by atoms with Gasteiger partial charge in [0.15, 0.2) is 0 Å². The van der Waals surface area contributed by atoms with Gasteiger partial charge >= 0.3 is 5.97 Å². The van der Waals surface area contributed by atoms with E-state index >= 15 is 0 Å². The number of ether oxygens (including phenoxy) is 2. The summed E-state index contributed by atoms with van der Waals surface area (Å²) in [6.07, 6.45) is 1.57. The first-order chi connectivity index (χ1) is 14.5. The summed E-state index contributed by atoms with van der Waals surface area (Å²) in [5, 5.41) is 0. The Bertz CT molecular complexity index is 859. The predicted molar refractivity (Wildman–Crippen MR) is 119 cm³/mol. The van der Waals surface area contributed by atoms with Crippen molar-refractivity contribution in [1.29, 1.82) is 0 Å².